The molecule has 0 aliphatic carbocycles. The van der Waals surface area contributed by atoms with Crippen molar-refractivity contribution < 1.29 is 17.9 Å². The van der Waals surface area contributed by atoms with Crippen molar-refractivity contribution in [3.8, 4) is 5.75 Å². The minimum absolute atomic E-state index is 0.0422. The predicted molar refractivity (Wildman–Crippen MR) is 118 cm³/mol. The van der Waals surface area contributed by atoms with Crippen LogP contribution in [0.3, 0.4) is 0 Å². The van der Waals surface area contributed by atoms with Crippen molar-refractivity contribution in [3.63, 3.8) is 0 Å². The van der Waals surface area contributed by atoms with E-state index in [1.165, 1.54) is 29.6 Å². The zero-order chi connectivity index (χ0) is 22.9. The largest absolute Gasteiger partial charge is 0.495 e. The second-order valence-electron chi connectivity index (χ2n) is 7.48. The molecule has 0 bridgehead atoms. The molecule has 3 N–H and O–H groups in total. The number of benzene rings is 2. The fourth-order valence-electron chi connectivity index (χ4n) is 3.79. The van der Waals surface area contributed by atoms with Gasteiger partial charge in [-0.25, -0.2) is 13.2 Å². The number of hydrogen-bond acceptors (Lipinski definition) is 6. The van der Waals surface area contributed by atoms with Gasteiger partial charge in [0.1, 0.15) is 5.75 Å². The van der Waals surface area contributed by atoms with Crippen LogP contribution in [0.1, 0.15) is 12.8 Å². The topological polar surface area (TPSA) is 141 Å². The number of H-pyrrole nitrogens is 2. The summed E-state index contributed by atoms with van der Waals surface area (Å²) in [6.45, 7) is 0.346. The summed E-state index contributed by atoms with van der Waals surface area (Å²) >= 11 is 0. The molecule has 3 aromatic rings. The molecule has 10 nitrogen and oxygen atoms in total. The van der Waals surface area contributed by atoms with Gasteiger partial charge in [0.15, 0.2) is 0 Å². The van der Waals surface area contributed by atoms with Gasteiger partial charge in [-0.05, 0) is 43.2 Å². The first-order valence-corrected chi connectivity index (χ1v) is 11.4. The smallest absolute Gasteiger partial charge is 0.326 e. The first-order valence-electron chi connectivity index (χ1n) is 10.00. The summed E-state index contributed by atoms with van der Waals surface area (Å²) in [7, 11) is -2.34. The minimum Gasteiger partial charge on any atom is -0.495 e. The Balaban J connectivity index is 1.47. The summed E-state index contributed by atoms with van der Waals surface area (Å²) in [5.74, 6) is 0.0251. The van der Waals surface area contributed by atoms with E-state index in [1.54, 1.807) is 24.3 Å². The van der Waals surface area contributed by atoms with E-state index in [0.717, 1.165) is 0 Å². The van der Waals surface area contributed by atoms with Gasteiger partial charge in [0.05, 0.1) is 28.6 Å². The number of nitrogens with zero attached hydrogens (tertiary/aromatic N) is 1. The SMILES string of the molecule is COc1ccccc1NC(=O)C1CCN(S(=O)(=O)c2ccc3[nH]c(=O)[nH]c(=O)c3c2)CC1. The Hall–Kier alpha value is -3.44. The maximum atomic E-state index is 13.1. The first-order chi connectivity index (χ1) is 15.3. The van der Waals surface area contributed by atoms with E-state index in [4.69, 9.17) is 4.74 Å². The fraction of sp³-hybridized carbons (Fsp3) is 0.286. The minimum atomic E-state index is -3.86. The van der Waals surface area contributed by atoms with Gasteiger partial charge >= 0.3 is 5.69 Å². The molecule has 0 radical (unpaired) electrons. The van der Waals surface area contributed by atoms with Crippen molar-refractivity contribution in [1.82, 2.24) is 14.3 Å². The quantitative estimate of drug-likeness (QED) is 0.526. The van der Waals surface area contributed by atoms with Gasteiger partial charge < -0.3 is 15.0 Å². The van der Waals surface area contributed by atoms with Crippen LogP contribution in [-0.2, 0) is 14.8 Å². The second-order valence-corrected chi connectivity index (χ2v) is 9.42. The molecule has 1 amide bonds. The lowest BCUT2D eigenvalue weighted by molar-refractivity contribution is -0.120. The Morgan fingerprint density at radius 1 is 1.09 bits per heavy atom. The summed E-state index contributed by atoms with van der Waals surface area (Å²) < 4.78 is 32.7. The summed E-state index contributed by atoms with van der Waals surface area (Å²) in [6.07, 6.45) is 0.726. The molecule has 32 heavy (non-hydrogen) atoms. The van der Waals surface area contributed by atoms with Crippen molar-refractivity contribution in [2.75, 3.05) is 25.5 Å². The molecule has 2 heterocycles. The van der Waals surface area contributed by atoms with E-state index < -0.39 is 21.3 Å². The van der Waals surface area contributed by atoms with Crippen LogP contribution >= 0.6 is 0 Å². The van der Waals surface area contributed by atoms with Crippen LogP contribution in [0.15, 0.2) is 56.9 Å². The number of piperidine rings is 1. The van der Waals surface area contributed by atoms with Crippen molar-refractivity contribution >= 4 is 32.5 Å². The lowest BCUT2D eigenvalue weighted by Gasteiger charge is -2.30. The third-order valence-corrected chi connectivity index (χ3v) is 7.43. The van der Waals surface area contributed by atoms with E-state index in [0.29, 0.717) is 24.3 Å². The molecular weight excluding hydrogens is 436 g/mol. The van der Waals surface area contributed by atoms with E-state index in [1.807, 2.05) is 0 Å². The van der Waals surface area contributed by atoms with E-state index >= 15 is 0 Å². The van der Waals surface area contributed by atoms with Crippen LogP contribution in [0.25, 0.3) is 10.9 Å². The number of fused-ring (bicyclic) bond motifs is 1. The molecule has 1 aromatic heterocycles. The number of rotatable bonds is 5. The van der Waals surface area contributed by atoms with Gasteiger partial charge in [-0.3, -0.25) is 14.6 Å². The van der Waals surface area contributed by atoms with Crippen LogP contribution in [0, 0.1) is 5.92 Å². The van der Waals surface area contributed by atoms with Gasteiger partial charge in [-0.1, -0.05) is 12.1 Å². The van der Waals surface area contributed by atoms with E-state index in [2.05, 4.69) is 15.3 Å². The Bertz CT molecular complexity index is 1390. The maximum absolute atomic E-state index is 13.1. The van der Waals surface area contributed by atoms with E-state index in [-0.39, 0.29) is 40.7 Å². The maximum Gasteiger partial charge on any atom is 0.326 e. The van der Waals surface area contributed by atoms with Crippen LogP contribution in [0.5, 0.6) is 5.75 Å². The third kappa shape index (κ3) is 4.16. The molecular formula is C21H22N4O6S. The monoisotopic (exact) mass is 458 g/mol. The van der Waals surface area contributed by atoms with Crippen molar-refractivity contribution in [1.29, 1.82) is 0 Å². The zero-order valence-electron chi connectivity index (χ0n) is 17.3. The first kappa shape index (κ1) is 21.8. The highest BCUT2D eigenvalue weighted by molar-refractivity contribution is 7.89. The standard InChI is InChI=1S/C21H22N4O6S/c1-31-18-5-3-2-4-17(18)22-19(26)13-8-10-25(11-9-13)32(29,30)14-6-7-16-15(12-14)20(27)24-21(28)23-16/h2-7,12-13H,8-11H2,1H3,(H,22,26)(H2,23,24,27,28). The Morgan fingerprint density at radius 2 is 1.81 bits per heavy atom. The molecule has 0 atom stereocenters. The third-order valence-electron chi connectivity index (χ3n) is 5.54. The van der Waals surface area contributed by atoms with Gasteiger partial charge in [0, 0.05) is 19.0 Å². The number of hydrogen-bond donors (Lipinski definition) is 3. The summed E-state index contributed by atoms with van der Waals surface area (Å²) in [4.78, 5) is 40.6. The lowest BCUT2D eigenvalue weighted by Crippen LogP contribution is -2.41. The number of para-hydroxylation sites is 2. The molecule has 168 valence electrons. The molecule has 1 fully saturated rings. The average molecular weight is 458 g/mol. The number of aromatic amines is 2. The number of carbonyl (C=O) groups excluding carboxylic acids is 1. The Kier molecular flexibility index (Phi) is 5.85. The van der Waals surface area contributed by atoms with Crippen molar-refractivity contribution in [2.45, 2.75) is 17.7 Å². The molecule has 1 aliphatic rings. The van der Waals surface area contributed by atoms with Gasteiger partial charge in [0.2, 0.25) is 15.9 Å². The highest BCUT2D eigenvalue weighted by atomic mass is 32.2. The summed E-state index contributed by atoms with van der Waals surface area (Å²) in [6, 6.07) is 11.1. The number of amides is 1. The van der Waals surface area contributed by atoms with E-state index in [9.17, 15) is 22.8 Å². The molecule has 4 rings (SSSR count). The normalized spacial score (nSPS) is 15.5. The zero-order valence-corrected chi connectivity index (χ0v) is 18.1. The van der Waals surface area contributed by atoms with Gasteiger partial charge in [0.25, 0.3) is 5.56 Å². The molecule has 1 saturated heterocycles. The Morgan fingerprint density at radius 3 is 2.53 bits per heavy atom. The highest BCUT2D eigenvalue weighted by Crippen LogP contribution is 2.28. The molecule has 0 unspecified atom stereocenters. The number of anilines is 1. The number of nitrogens with one attached hydrogen (secondary N) is 3. The molecule has 2 aromatic carbocycles. The van der Waals surface area contributed by atoms with Crippen LogP contribution in [0.2, 0.25) is 0 Å². The summed E-state index contributed by atoms with van der Waals surface area (Å²) in [5.41, 5.74) is -0.502. The number of carbonyl (C=O) groups is 1. The average Bonchev–Trinajstić information content (AvgIpc) is 2.79. The number of sulfonamides is 1. The second kappa shape index (κ2) is 8.60. The Labute approximate surface area is 183 Å². The fourth-order valence-corrected chi connectivity index (χ4v) is 5.29. The molecule has 0 spiro atoms. The van der Waals surface area contributed by atoms with Crippen LogP contribution < -0.4 is 21.3 Å². The van der Waals surface area contributed by atoms with Crippen LogP contribution in [0.4, 0.5) is 5.69 Å². The predicted octanol–water partition coefficient (Wildman–Crippen LogP) is 1.26. The molecule has 0 saturated carbocycles. The van der Waals surface area contributed by atoms with Crippen molar-refractivity contribution in [2.24, 2.45) is 5.92 Å². The van der Waals surface area contributed by atoms with Gasteiger partial charge in [-0.2, -0.15) is 4.31 Å². The summed E-state index contributed by atoms with van der Waals surface area (Å²) in [5, 5.41) is 2.93. The van der Waals surface area contributed by atoms with Gasteiger partial charge in [-0.15, -0.1) is 0 Å². The molecule has 11 heteroatoms. The lowest BCUT2D eigenvalue weighted by atomic mass is 9.97. The number of aromatic nitrogens is 2. The number of methoxy groups -OCH3 is 1. The number of ether oxygens (including phenoxy) is 1. The van der Waals surface area contributed by atoms with Crippen LogP contribution in [-0.4, -0.2) is 48.8 Å². The van der Waals surface area contributed by atoms with Crippen molar-refractivity contribution in [3.05, 3.63) is 63.3 Å². The molecule has 1 aliphatic heterocycles. The highest BCUT2D eigenvalue weighted by Gasteiger charge is 2.32.